The molecule has 0 saturated heterocycles. The number of nitrogens with one attached hydrogen (secondary N) is 1. The average Bonchev–Trinajstić information content (AvgIpc) is 3.06. The zero-order valence-corrected chi connectivity index (χ0v) is 16.6. The van der Waals surface area contributed by atoms with E-state index in [0.717, 1.165) is 41.4 Å². The van der Waals surface area contributed by atoms with E-state index in [1.807, 2.05) is 41.9 Å². The SMILES string of the molecule is CCNC(=NCCc1nnc2ccccn12)N(C)Cc1ccccc1Br. The molecule has 0 bridgehead atoms. The van der Waals surface area contributed by atoms with Crippen molar-refractivity contribution in [3.63, 3.8) is 0 Å². The third-order valence-electron chi connectivity index (χ3n) is 4.04. The van der Waals surface area contributed by atoms with Crippen LogP contribution in [-0.2, 0) is 13.0 Å². The van der Waals surface area contributed by atoms with E-state index >= 15 is 0 Å². The van der Waals surface area contributed by atoms with Gasteiger partial charge in [0.1, 0.15) is 5.82 Å². The summed E-state index contributed by atoms with van der Waals surface area (Å²) in [6, 6.07) is 14.2. The lowest BCUT2D eigenvalue weighted by atomic mass is 10.2. The minimum Gasteiger partial charge on any atom is -0.357 e. The lowest BCUT2D eigenvalue weighted by Gasteiger charge is -2.22. The molecule has 0 amide bonds. The molecule has 2 aromatic heterocycles. The summed E-state index contributed by atoms with van der Waals surface area (Å²) in [4.78, 5) is 6.89. The number of aliphatic imine (C=N–C) groups is 1. The molecule has 3 aromatic rings. The molecule has 2 heterocycles. The zero-order chi connectivity index (χ0) is 18.4. The van der Waals surface area contributed by atoms with E-state index in [4.69, 9.17) is 4.99 Å². The minimum absolute atomic E-state index is 0.651. The summed E-state index contributed by atoms with van der Waals surface area (Å²) in [6.45, 7) is 4.33. The lowest BCUT2D eigenvalue weighted by Crippen LogP contribution is -2.38. The van der Waals surface area contributed by atoms with Crippen molar-refractivity contribution in [2.45, 2.75) is 19.9 Å². The van der Waals surface area contributed by atoms with Gasteiger partial charge in [-0.3, -0.25) is 9.39 Å². The molecular weight excluding hydrogens is 392 g/mol. The lowest BCUT2D eigenvalue weighted by molar-refractivity contribution is 0.476. The first-order valence-electron chi connectivity index (χ1n) is 8.70. The van der Waals surface area contributed by atoms with E-state index in [0.29, 0.717) is 6.54 Å². The van der Waals surface area contributed by atoms with Gasteiger partial charge >= 0.3 is 0 Å². The van der Waals surface area contributed by atoms with Crippen molar-refractivity contribution >= 4 is 27.5 Å². The van der Waals surface area contributed by atoms with Crippen LogP contribution in [0.2, 0.25) is 0 Å². The van der Waals surface area contributed by atoms with Gasteiger partial charge in [0, 0.05) is 43.8 Å². The number of rotatable bonds is 6. The summed E-state index contributed by atoms with van der Waals surface area (Å²) in [6.07, 6.45) is 2.72. The molecule has 0 unspecified atom stereocenters. The number of guanidine groups is 1. The van der Waals surface area contributed by atoms with E-state index < -0.39 is 0 Å². The molecule has 3 rings (SSSR count). The second-order valence-electron chi connectivity index (χ2n) is 5.98. The van der Waals surface area contributed by atoms with Gasteiger partial charge in [-0.15, -0.1) is 10.2 Å². The molecule has 1 N–H and O–H groups in total. The molecule has 7 heteroatoms. The van der Waals surface area contributed by atoms with E-state index in [2.05, 4.69) is 61.5 Å². The van der Waals surface area contributed by atoms with E-state index in [-0.39, 0.29) is 0 Å². The number of hydrogen-bond donors (Lipinski definition) is 1. The van der Waals surface area contributed by atoms with Crippen molar-refractivity contribution < 1.29 is 0 Å². The van der Waals surface area contributed by atoms with Gasteiger partial charge in [0.25, 0.3) is 0 Å². The Morgan fingerprint density at radius 1 is 1.19 bits per heavy atom. The van der Waals surface area contributed by atoms with Crippen LogP contribution in [0.15, 0.2) is 58.1 Å². The Morgan fingerprint density at radius 3 is 2.81 bits per heavy atom. The molecule has 0 radical (unpaired) electrons. The highest BCUT2D eigenvalue weighted by molar-refractivity contribution is 9.10. The number of hydrogen-bond acceptors (Lipinski definition) is 3. The monoisotopic (exact) mass is 414 g/mol. The van der Waals surface area contributed by atoms with Gasteiger partial charge in [-0.05, 0) is 30.7 Å². The number of pyridine rings is 1. The molecule has 0 aliphatic heterocycles. The molecule has 136 valence electrons. The predicted molar refractivity (Wildman–Crippen MR) is 108 cm³/mol. The van der Waals surface area contributed by atoms with Crippen LogP contribution >= 0.6 is 15.9 Å². The van der Waals surface area contributed by atoms with Crippen molar-refractivity contribution in [2.75, 3.05) is 20.1 Å². The predicted octanol–water partition coefficient (Wildman–Crippen LogP) is 3.13. The second-order valence-corrected chi connectivity index (χ2v) is 6.83. The number of halogens is 1. The molecular formula is C19H23BrN6. The summed E-state index contributed by atoms with van der Waals surface area (Å²) < 4.78 is 3.12. The molecule has 0 aliphatic rings. The smallest absolute Gasteiger partial charge is 0.193 e. The third-order valence-corrected chi connectivity index (χ3v) is 4.82. The molecule has 0 atom stereocenters. The largest absolute Gasteiger partial charge is 0.357 e. The summed E-state index contributed by atoms with van der Waals surface area (Å²) >= 11 is 3.61. The van der Waals surface area contributed by atoms with Crippen molar-refractivity contribution in [1.82, 2.24) is 24.8 Å². The van der Waals surface area contributed by atoms with Crippen molar-refractivity contribution in [1.29, 1.82) is 0 Å². The second kappa shape index (κ2) is 8.80. The van der Waals surface area contributed by atoms with Crippen LogP contribution in [0.5, 0.6) is 0 Å². The first-order valence-corrected chi connectivity index (χ1v) is 9.50. The maximum atomic E-state index is 4.76. The number of aromatic nitrogens is 3. The van der Waals surface area contributed by atoms with Crippen molar-refractivity contribution in [3.05, 3.63) is 64.5 Å². The van der Waals surface area contributed by atoms with Crippen LogP contribution in [0.1, 0.15) is 18.3 Å². The molecule has 26 heavy (non-hydrogen) atoms. The Bertz CT molecular complexity index is 888. The summed E-state index contributed by atoms with van der Waals surface area (Å²) in [5, 5.41) is 11.8. The highest BCUT2D eigenvalue weighted by Gasteiger charge is 2.09. The topological polar surface area (TPSA) is 57.8 Å². The van der Waals surface area contributed by atoms with Crippen LogP contribution in [0.3, 0.4) is 0 Å². The van der Waals surface area contributed by atoms with Gasteiger partial charge < -0.3 is 10.2 Å². The van der Waals surface area contributed by atoms with Gasteiger partial charge in [-0.1, -0.05) is 40.2 Å². The molecule has 0 aliphatic carbocycles. The number of nitrogens with zero attached hydrogens (tertiary/aromatic N) is 5. The van der Waals surface area contributed by atoms with Gasteiger partial charge in [-0.2, -0.15) is 0 Å². The first-order chi connectivity index (χ1) is 12.7. The van der Waals surface area contributed by atoms with Gasteiger partial charge in [-0.25, -0.2) is 0 Å². The standard InChI is InChI=1S/C19H23BrN6/c1-3-21-19(25(2)14-15-8-4-5-9-16(15)20)22-12-11-18-24-23-17-10-6-7-13-26(17)18/h4-10,13H,3,11-12,14H2,1-2H3,(H,21,22). The molecule has 6 nitrogen and oxygen atoms in total. The highest BCUT2D eigenvalue weighted by atomic mass is 79.9. The Balaban J connectivity index is 1.67. The van der Waals surface area contributed by atoms with Crippen molar-refractivity contribution in [3.8, 4) is 0 Å². The maximum Gasteiger partial charge on any atom is 0.193 e. The van der Waals surface area contributed by atoms with Crippen LogP contribution in [0, 0.1) is 0 Å². The Kier molecular flexibility index (Phi) is 6.22. The third kappa shape index (κ3) is 4.40. The maximum absolute atomic E-state index is 4.76. The van der Waals surface area contributed by atoms with E-state index in [9.17, 15) is 0 Å². The van der Waals surface area contributed by atoms with Gasteiger partial charge in [0.15, 0.2) is 11.6 Å². The molecule has 0 spiro atoms. The van der Waals surface area contributed by atoms with Crippen LogP contribution in [-0.4, -0.2) is 45.6 Å². The fourth-order valence-corrected chi connectivity index (χ4v) is 3.16. The van der Waals surface area contributed by atoms with Crippen LogP contribution in [0.25, 0.3) is 5.65 Å². The van der Waals surface area contributed by atoms with E-state index in [1.54, 1.807) is 0 Å². The van der Waals surface area contributed by atoms with Crippen LogP contribution in [0.4, 0.5) is 0 Å². The van der Waals surface area contributed by atoms with Gasteiger partial charge in [0.2, 0.25) is 0 Å². The summed E-state index contributed by atoms with van der Waals surface area (Å²) in [7, 11) is 2.05. The summed E-state index contributed by atoms with van der Waals surface area (Å²) in [5.74, 6) is 1.81. The fraction of sp³-hybridized carbons (Fsp3) is 0.316. The van der Waals surface area contributed by atoms with Gasteiger partial charge in [0.05, 0.1) is 0 Å². The Morgan fingerprint density at radius 2 is 2.00 bits per heavy atom. The Hall–Kier alpha value is -2.41. The highest BCUT2D eigenvalue weighted by Crippen LogP contribution is 2.17. The Labute approximate surface area is 162 Å². The molecule has 0 saturated carbocycles. The normalized spacial score (nSPS) is 11.7. The molecule has 0 fully saturated rings. The average molecular weight is 415 g/mol. The fourth-order valence-electron chi connectivity index (χ4n) is 2.75. The quantitative estimate of drug-likeness (QED) is 0.497. The molecule has 1 aromatic carbocycles. The van der Waals surface area contributed by atoms with Crippen molar-refractivity contribution in [2.24, 2.45) is 4.99 Å². The zero-order valence-electron chi connectivity index (χ0n) is 15.1. The first kappa shape index (κ1) is 18.4. The van der Waals surface area contributed by atoms with Crippen LogP contribution < -0.4 is 5.32 Å². The minimum atomic E-state index is 0.651. The number of fused-ring (bicyclic) bond motifs is 1. The number of benzene rings is 1. The van der Waals surface area contributed by atoms with E-state index in [1.165, 1.54) is 5.56 Å². The summed E-state index contributed by atoms with van der Waals surface area (Å²) in [5.41, 5.74) is 2.09.